The van der Waals surface area contributed by atoms with E-state index >= 15 is 0 Å². The van der Waals surface area contributed by atoms with Gasteiger partial charge in [0.15, 0.2) is 0 Å². The van der Waals surface area contributed by atoms with E-state index in [4.69, 9.17) is 5.14 Å². The molecule has 1 heterocycles. The average Bonchev–Trinajstić information content (AvgIpc) is 2.36. The van der Waals surface area contributed by atoms with Gasteiger partial charge in [0, 0.05) is 6.20 Å². The van der Waals surface area contributed by atoms with E-state index in [1.54, 1.807) is 12.3 Å². The summed E-state index contributed by atoms with van der Waals surface area (Å²) in [5, 5.41) is 4.95. The molecule has 1 aromatic carbocycles. The van der Waals surface area contributed by atoms with Crippen LogP contribution < -0.4 is 9.86 Å². The summed E-state index contributed by atoms with van der Waals surface area (Å²) in [6.07, 6.45) is 1.54. The molecule has 112 valence electrons. The summed E-state index contributed by atoms with van der Waals surface area (Å²) in [6.45, 7) is 6.47. The Kier molecular flexibility index (Phi) is 4.02. The lowest BCUT2D eigenvalue weighted by atomic mass is 9.86. The van der Waals surface area contributed by atoms with Crippen LogP contribution >= 0.6 is 0 Å². The van der Waals surface area contributed by atoms with Crippen LogP contribution in [0.1, 0.15) is 26.3 Å². The smallest absolute Gasteiger partial charge is 0.255 e. The van der Waals surface area contributed by atoms with E-state index in [-0.39, 0.29) is 11.2 Å². The van der Waals surface area contributed by atoms with Gasteiger partial charge in [-0.25, -0.2) is 10.1 Å². The molecule has 2 aromatic rings. The molecule has 2 rings (SSSR count). The lowest BCUT2D eigenvalue weighted by molar-refractivity contribution is 0.590. The first-order chi connectivity index (χ1) is 9.65. The Morgan fingerprint density at radius 1 is 1.05 bits per heavy atom. The van der Waals surface area contributed by atoms with Gasteiger partial charge in [-0.15, -0.1) is 0 Å². The minimum atomic E-state index is -3.81. The molecule has 3 N–H and O–H groups in total. The zero-order valence-electron chi connectivity index (χ0n) is 12.3. The third-order valence-corrected chi connectivity index (χ3v) is 3.58. The standard InChI is InChI=1S/C15H19N3O2S/c1-15(2,3)13-6-4-11(5-7-13)12-8-9-17-14(10-12)18-21(16,19)20/h4-10H,1-3H3,(H,17,18)(H2,16,19,20). The van der Waals surface area contributed by atoms with Gasteiger partial charge in [-0.05, 0) is 34.2 Å². The summed E-state index contributed by atoms with van der Waals surface area (Å²) in [4.78, 5) is 3.94. The second-order valence-corrected chi connectivity index (χ2v) is 7.20. The summed E-state index contributed by atoms with van der Waals surface area (Å²) in [5.41, 5.74) is 3.19. The lowest BCUT2D eigenvalue weighted by Gasteiger charge is -2.19. The van der Waals surface area contributed by atoms with E-state index in [0.717, 1.165) is 11.1 Å². The molecule has 0 unspecified atom stereocenters. The van der Waals surface area contributed by atoms with Gasteiger partial charge in [0.1, 0.15) is 5.82 Å². The summed E-state index contributed by atoms with van der Waals surface area (Å²) < 4.78 is 24.2. The molecule has 0 aliphatic rings. The maximum absolute atomic E-state index is 11.0. The van der Waals surface area contributed by atoms with Gasteiger partial charge < -0.3 is 0 Å². The zero-order chi connectivity index (χ0) is 15.7. The van der Waals surface area contributed by atoms with Crippen molar-refractivity contribution in [2.45, 2.75) is 26.2 Å². The Hall–Kier alpha value is -1.92. The second-order valence-electron chi connectivity index (χ2n) is 5.90. The maximum atomic E-state index is 11.0. The zero-order valence-corrected chi connectivity index (χ0v) is 13.1. The van der Waals surface area contributed by atoms with Crippen LogP contribution in [0.5, 0.6) is 0 Å². The number of pyridine rings is 1. The normalized spacial score (nSPS) is 12.2. The third-order valence-electron chi connectivity index (χ3n) is 3.09. The number of nitrogens with one attached hydrogen (secondary N) is 1. The first kappa shape index (κ1) is 15.5. The first-order valence-electron chi connectivity index (χ1n) is 6.53. The van der Waals surface area contributed by atoms with Crippen molar-refractivity contribution in [2.75, 3.05) is 4.72 Å². The predicted molar refractivity (Wildman–Crippen MR) is 85.1 cm³/mol. The van der Waals surface area contributed by atoms with Crippen molar-refractivity contribution >= 4 is 16.0 Å². The number of rotatable bonds is 3. The van der Waals surface area contributed by atoms with E-state index in [2.05, 4.69) is 42.6 Å². The van der Waals surface area contributed by atoms with Crippen LogP contribution in [0.2, 0.25) is 0 Å². The fourth-order valence-electron chi connectivity index (χ4n) is 1.97. The number of benzene rings is 1. The van der Waals surface area contributed by atoms with Crippen molar-refractivity contribution in [1.82, 2.24) is 4.98 Å². The molecule has 0 radical (unpaired) electrons. The molecule has 21 heavy (non-hydrogen) atoms. The number of nitrogens with zero attached hydrogens (tertiary/aromatic N) is 1. The van der Waals surface area contributed by atoms with Crippen LogP contribution in [-0.2, 0) is 15.6 Å². The molecule has 0 aliphatic carbocycles. The minimum Gasteiger partial charge on any atom is -0.255 e. The molecular weight excluding hydrogens is 286 g/mol. The van der Waals surface area contributed by atoms with Crippen molar-refractivity contribution in [3.63, 3.8) is 0 Å². The van der Waals surface area contributed by atoms with Crippen molar-refractivity contribution < 1.29 is 8.42 Å². The molecule has 0 amide bonds. The van der Waals surface area contributed by atoms with Crippen LogP contribution in [-0.4, -0.2) is 13.4 Å². The second kappa shape index (κ2) is 5.46. The number of hydrogen-bond donors (Lipinski definition) is 2. The first-order valence-corrected chi connectivity index (χ1v) is 8.07. The van der Waals surface area contributed by atoms with Crippen LogP contribution in [0.4, 0.5) is 5.82 Å². The largest absolute Gasteiger partial charge is 0.297 e. The number of nitrogens with two attached hydrogens (primary N) is 1. The van der Waals surface area contributed by atoms with Crippen molar-refractivity contribution in [3.05, 3.63) is 48.2 Å². The van der Waals surface area contributed by atoms with Gasteiger partial charge in [0.2, 0.25) is 0 Å². The fourth-order valence-corrected chi connectivity index (χ4v) is 2.38. The monoisotopic (exact) mass is 305 g/mol. The molecule has 0 fully saturated rings. The molecule has 0 saturated carbocycles. The topological polar surface area (TPSA) is 85.1 Å². The van der Waals surface area contributed by atoms with Crippen LogP contribution in [0, 0.1) is 0 Å². The van der Waals surface area contributed by atoms with Gasteiger partial charge in [-0.1, -0.05) is 45.0 Å². The highest BCUT2D eigenvalue weighted by molar-refractivity contribution is 7.90. The van der Waals surface area contributed by atoms with Crippen LogP contribution in [0.25, 0.3) is 11.1 Å². The predicted octanol–water partition coefficient (Wildman–Crippen LogP) is 2.66. The van der Waals surface area contributed by atoms with E-state index < -0.39 is 10.2 Å². The Balaban J connectivity index is 2.32. The van der Waals surface area contributed by atoms with Gasteiger partial charge in [-0.2, -0.15) is 8.42 Å². The van der Waals surface area contributed by atoms with Gasteiger partial charge in [0.05, 0.1) is 0 Å². The molecule has 6 heteroatoms. The molecular formula is C15H19N3O2S. The van der Waals surface area contributed by atoms with Gasteiger partial charge >= 0.3 is 0 Å². The summed E-state index contributed by atoms with van der Waals surface area (Å²) in [5.74, 6) is 0.204. The quantitative estimate of drug-likeness (QED) is 0.914. The number of anilines is 1. The van der Waals surface area contributed by atoms with Crippen LogP contribution in [0.15, 0.2) is 42.6 Å². The van der Waals surface area contributed by atoms with Crippen molar-refractivity contribution in [2.24, 2.45) is 5.14 Å². The Morgan fingerprint density at radius 3 is 2.19 bits per heavy atom. The minimum absolute atomic E-state index is 0.0944. The number of aromatic nitrogens is 1. The summed E-state index contributed by atoms with van der Waals surface area (Å²) in [7, 11) is -3.81. The fraction of sp³-hybridized carbons (Fsp3) is 0.267. The van der Waals surface area contributed by atoms with E-state index in [1.807, 2.05) is 18.2 Å². The lowest BCUT2D eigenvalue weighted by Crippen LogP contribution is -2.22. The average molecular weight is 305 g/mol. The van der Waals surface area contributed by atoms with Crippen molar-refractivity contribution in [1.29, 1.82) is 0 Å². The Bertz CT molecular complexity index is 732. The van der Waals surface area contributed by atoms with Crippen molar-refractivity contribution in [3.8, 4) is 11.1 Å². The Morgan fingerprint density at radius 2 is 1.67 bits per heavy atom. The molecule has 0 atom stereocenters. The maximum Gasteiger partial charge on any atom is 0.297 e. The van der Waals surface area contributed by atoms with Crippen LogP contribution in [0.3, 0.4) is 0 Å². The third kappa shape index (κ3) is 4.27. The number of hydrogen-bond acceptors (Lipinski definition) is 3. The SMILES string of the molecule is CC(C)(C)c1ccc(-c2ccnc(NS(N)(=O)=O)c2)cc1. The molecule has 0 spiro atoms. The summed E-state index contributed by atoms with van der Waals surface area (Å²) >= 11 is 0. The highest BCUT2D eigenvalue weighted by Gasteiger charge is 2.13. The molecule has 1 aromatic heterocycles. The highest BCUT2D eigenvalue weighted by atomic mass is 32.2. The summed E-state index contributed by atoms with van der Waals surface area (Å²) in [6, 6.07) is 11.6. The molecule has 5 nitrogen and oxygen atoms in total. The van der Waals surface area contributed by atoms with E-state index in [0.29, 0.717) is 0 Å². The molecule has 0 bridgehead atoms. The van der Waals surface area contributed by atoms with E-state index in [1.165, 1.54) is 5.56 Å². The van der Waals surface area contributed by atoms with Gasteiger partial charge in [-0.3, -0.25) is 4.72 Å². The van der Waals surface area contributed by atoms with Gasteiger partial charge in [0.25, 0.3) is 10.2 Å². The molecule has 0 aliphatic heterocycles. The highest BCUT2D eigenvalue weighted by Crippen LogP contribution is 2.26. The Labute approximate surface area is 125 Å². The van der Waals surface area contributed by atoms with E-state index in [9.17, 15) is 8.42 Å². The molecule has 0 saturated heterocycles.